The van der Waals surface area contributed by atoms with Gasteiger partial charge in [0.05, 0.1) is 35.4 Å². The normalized spacial score (nSPS) is 23.3. The summed E-state index contributed by atoms with van der Waals surface area (Å²) >= 11 is 6.32. The van der Waals surface area contributed by atoms with Gasteiger partial charge in [-0.15, -0.1) is 0 Å². The molecule has 2 aliphatic rings. The van der Waals surface area contributed by atoms with Crippen molar-refractivity contribution in [3.63, 3.8) is 0 Å². The fourth-order valence-electron chi connectivity index (χ4n) is 5.78. The van der Waals surface area contributed by atoms with E-state index in [9.17, 15) is 22.8 Å². The van der Waals surface area contributed by atoms with Gasteiger partial charge in [-0.1, -0.05) is 36.7 Å². The van der Waals surface area contributed by atoms with Crippen LogP contribution < -0.4 is 4.74 Å². The summed E-state index contributed by atoms with van der Waals surface area (Å²) in [6.45, 7) is 3.67. The molecule has 2 unspecified atom stereocenters. The molecule has 3 heterocycles. The molecule has 1 amide bonds. The number of aryl methyl sites for hydroxylation is 1. The SMILES string of the molecule is Cc1cncc(Cl)c1C(=O)C1CC(Oc2ccccc2)CN1C(=O)c1cnn(C2CCC(C)CC2)c1C(F)(F)F. The van der Waals surface area contributed by atoms with E-state index in [0.717, 1.165) is 23.7 Å². The topological polar surface area (TPSA) is 77.3 Å². The Morgan fingerprint density at radius 1 is 1.05 bits per heavy atom. The highest BCUT2D eigenvalue weighted by Gasteiger charge is 2.47. The summed E-state index contributed by atoms with van der Waals surface area (Å²) in [5.41, 5.74) is -0.953. The number of likely N-dealkylation sites (tertiary alicyclic amines) is 1. The van der Waals surface area contributed by atoms with Crippen molar-refractivity contribution in [2.24, 2.45) is 5.92 Å². The first-order valence-corrected chi connectivity index (χ1v) is 13.7. The summed E-state index contributed by atoms with van der Waals surface area (Å²) in [7, 11) is 0. The molecule has 1 aromatic carbocycles. The number of pyridine rings is 1. The molecule has 1 saturated heterocycles. The number of rotatable bonds is 6. The lowest BCUT2D eigenvalue weighted by Gasteiger charge is -2.28. The molecule has 212 valence electrons. The molecular weight excluding hydrogens is 545 g/mol. The van der Waals surface area contributed by atoms with E-state index < -0.39 is 47.3 Å². The summed E-state index contributed by atoms with van der Waals surface area (Å²) < 4.78 is 50.4. The Balaban J connectivity index is 1.51. The number of ketones is 1. The van der Waals surface area contributed by atoms with Gasteiger partial charge in [-0.05, 0) is 56.2 Å². The lowest BCUT2D eigenvalue weighted by molar-refractivity contribution is -0.145. The van der Waals surface area contributed by atoms with Crippen LogP contribution in [0, 0.1) is 12.8 Å². The quantitative estimate of drug-likeness (QED) is 0.312. The van der Waals surface area contributed by atoms with Crippen LogP contribution in [-0.4, -0.2) is 50.0 Å². The second-order valence-electron chi connectivity index (χ2n) is 10.7. The fourth-order valence-corrected chi connectivity index (χ4v) is 6.08. The van der Waals surface area contributed by atoms with Crippen molar-refractivity contribution < 1.29 is 27.5 Å². The standard InChI is InChI=1S/C29H30ClF3N4O3/c1-17-8-10-19(11-9-17)37-27(29(31,32)33)22(14-35-37)28(39)36-16-21(40-20-6-4-3-5-7-20)12-24(36)26(38)25-18(2)13-34-15-23(25)30/h3-7,13-15,17,19,21,24H,8-12,16H2,1-2H3. The number of alkyl halides is 3. The zero-order valence-corrected chi connectivity index (χ0v) is 23.0. The molecule has 0 radical (unpaired) electrons. The van der Waals surface area contributed by atoms with E-state index in [4.69, 9.17) is 16.3 Å². The number of amides is 1. The molecule has 1 aliphatic heterocycles. The van der Waals surface area contributed by atoms with Gasteiger partial charge < -0.3 is 9.64 Å². The first kappa shape index (κ1) is 28.1. The maximum Gasteiger partial charge on any atom is 0.433 e. The monoisotopic (exact) mass is 574 g/mol. The van der Waals surface area contributed by atoms with E-state index in [1.807, 2.05) is 6.07 Å². The number of Topliss-reactive ketones (excluding diaryl/α,β-unsaturated/α-hetero) is 1. The van der Waals surface area contributed by atoms with Gasteiger partial charge in [0, 0.05) is 24.4 Å². The van der Waals surface area contributed by atoms with E-state index >= 15 is 0 Å². The van der Waals surface area contributed by atoms with Crippen LogP contribution in [0.4, 0.5) is 13.2 Å². The van der Waals surface area contributed by atoms with E-state index in [0.29, 0.717) is 30.1 Å². The smallest absolute Gasteiger partial charge is 0.433 e. The van der Waals surface area contributed by atoms with Gasteiger partial charge in [-0.2, -0.15) is 18.3 Å². The van der Waals surface area contributed by atoms with Crippen molar-refractivity contribution >= 4 is 23.3 Å². The molecule has 40 heavy (non-hydrogen) atoms. The van der Waals surface area contributed by atoms with Gasteiger partial charge in [0.2, 0.25) is 0 Å². The average molecular weight is 575 g/mol. The maximum absolute atomic E-state index is 14.5. The Labute approximate surface area is 235 Å². The van der Waals surface area contributed by atoms with Crippen LogP contribution >= 0.6 is 11.6 Å². The number of hydrogen-bond acceptors (Lipinski definition) is 5. The van der Waals surface area contributed by atoms with E-state index in [1.165, 1.54) is 17.3 Å². The first-order chi connectivity index (χ1) is 19.0. The minimum Gasteiger partial charge on any atom is -0.488 e. The molecule has 2 fully saturated rings. The molecule has 11 heteroatoms. The molecule has 7 nitrogen and oxygen atoms in total. The molecular formula is C29H30ClF3N4O3. The third-order valence-corrected chi connectivity index (χ3v) is 8.12. The number of carbonyl (C=O) groups is 2. The lowest BCUT2D eigenvalue weighted by atomic mass is 9.87. The molecule has 5 rings (SSSR count). The Morgan fingerprint density at radius 2 is 1.75 bits per heavy atom. The summed E-state index contributed by atoms with van der Waals surface area (Å²) in [6, 6.07) is 7.33. The van der Waals surface area contributed by atoms with Crippen LogP contribution in [0.3, 0.4) is 0 Å². The van der Waals surface area contributed by atoms with Gasteiger partial charge in [0.25, 0.3) is 5.91 Å². The number of ether oxygens (including phenoxy) is 1. The summed E-state index contributed by atoms with van der Waals surface area (Å²) in [4.78, 5) is 32.9. The fraction of sp³-hybridized carbons (Fsp3) is 0.448. The van der Waals surface area contributed by atoms with Crippen molar-refractivity contribution in [2.45, 2.75) is 70.3 Å². The maximum atomic E-state index is 14.5. The number of halogens is 4. The van der Waals surface area contributed by atoms with Crippen molar-refractivity contribution in [2.75, 3.05) is 6.54 Å². The highest BCUT2D eigenvalue weighted by Crippen LogP contribution is 2.40. The van der Waals surface area contributed by atoms with Crippen molar-refractivity contribution in [3.8, 4) is 5.75 Å². The Kier molecular flexibility index (Phi) is 7.90. The van der Waals surface area contributed by atoms with Gasteiger partial charge >= 0.3 is 6.18 Å². The summed E-state index contributed by atoms with van der Waals surface area (Å²) in [6.07, 6.45) is 1.14. The minimum atomic E-state index is -4.81. The molecule has 1 aliphatic carbocycles. The van der Waals surface area contributed by atoms with Gasteiger partial charge in [-0.3, -0.25) is 19.3 Å². The first-order valence-electron chi connectivity index (χ1n) is 13.4. The zero-order chi connectivity index (χ0) is 28.6. The van der Waals surface area contributed by atoms with Gasteiger partial charge in [0.15, 0.2) is 11.5 Å². The lowest BCUT2D eigenvalue weighted by Crippen LogP contribution is -2.42. The second kappa shape index (κ2) is 11.2. The second-order valence-corrected chi connectivity index (χ2v) is 11.1. The van der Waals surface area contributed by atoms with E-state index in [2.05, 4.69) is 17.0 Å². The molecule has 0 spiro atoms. The highest BCUT2D eigenvalue weighted by atomic mass is 35.5. The van der Waals surface area contributed by atoms with Gasteiger partial charge in [-0.25, -0.2) is 0 Å². The minimum absolute atomic E-state index is 0.0741. The number of nitrogens with zero attached hydrogens (tertiary/aromatic N) is 4. The predicted molar refractivity (Wildman–Crippen MR) is 143 cm³/mol. The third-order valence-electron chi connectivity index (χ3n) is 7.83. The highest BCUT2D eigenvalue weighted by molar-refractivity contribution is 6.34. The van der Waals surface area contributed by atoms with Gasteiger partial charge in [0.1, 0.15) is 11.9 Å². The molecule has 2 aromatic heterocycles. The van der Waals surface area contributed by atoms with Crippen LogP contribution in [0.15, 0.2) is 48.9 Å². The van der Waals surface area contributed by atoms with Crippen LogP contribution in [0.25, 0.3) is 0 Å². The Hall–Kier alpha value is -3.40. The van der Waals surface area contributed by atoms with Crippen LogP contribution in [0.2, 0.25) is 5.02 Å². The zero-order valence-electron chi connectivity index (χ0n) is 22.2. The summed E-state index contributed by atoms with van der Waals surface area (Å²) in [5, 5.41) is 4.18. The summed E-state index contributed by atoms with van der Waals surface area (Å²) in [5.74, 6) is -0.423. The Bertz CT molecular complexity index is 1370. The molecule has 0 bridgehead atoms. The molecule has 3 aromatic rings. The Morgan fingerprint density at radius 3 is 2.40 bits per heavy atom. The van der Waals surface area contributed by atoms with Crippen LogP contribution in [0.5, 0.6) is 5.75 Å². The van der Waals surface area contributed by atoms with E-state index in [-0.39, 0.29) is 23.6 Å². The average Bonchev–Trinajstić information content (AvgIpc) is 3.54. The largest absolute Gasteiger partial charge is 0.488 e. The van der Waals surface area contributed by atoms with Crippen molar-refractivity contribution in [1.82, 2.24) is 19.7 Å². The van der Waals surface area contributed by atoms with Crippen molar-refractivity contribution in [1.29, 1.82) is 0 Å². The number of aromatic nitrogens is 3. The predicted octanol–water partition coefficient (Wildman–Crippen LogP) is 6.55. The number of para-hydroxylation sites is 1. The number of carbonyl (C=O) groups excluding carboxylic acids is 2. The third kappa shape index (κ3) is 5.59. The number of benzene rings is 1. The van der Waals surface area contributed by atoms with Crippen LogP contribution in [0.1, 0.15) is 77.0 Å². The molecule has 0 N–H and O–H groups in total. The molecule has 2 atom stereocenters. The van der Waals surface area contributed by atoms with Crippen LogP contribution in [-0.2, 0) is 6.18 Å². The van der Waals surface area contributed by atoms with E-state index in [1.54, 1.807) is 31.2 Å². The van der Waals surface area contributed by atoms with Crippen molar-refractivity contribution in [3.05, 3.63) is 76.3 Å². The molecule has 1 saturated carbocycles. The number of hydrogen-bond donors (Lipinski definition) is 0.